The molecule has 0 unspecified atom stereocenters. The molecular weight excluding hydrogens is 260 g/mol. The standard InChI is InChI=1S/C13H20O5.C2H6/c1-10(12(14)15-2)9-16-11-3-5-13(6-4-11)17-7-8-18-13;1-2/h11H,1,3-9H2,2H3;1-2H3. The lowest BCUT2D eigenvalue weighted by Crippen LogP contribution is -2.37. The van der Waals surface area contributed by atoms with Gasteiger partial charge in [-0.2, -0.15) is 0 Å². The summed E-state index contributed by atoms with van der Waals surface area (Å²) >= 11 is 0. The second kappa shape index (κ2) is 8.39. The maximum Gasteiger partial charge on any atom is 0.335 e. The third-order valence-electron chi connectivity index (χ3n) is 3.48. The molecule has 2 aliphatic rings. The van der Waals surface area contributed by atoms with Gasteiger partial charge in [-0.25, -0.2) is 4.79 Å². The van der Waals surface area contributed by atoms with Gasteiger partial charge < -0.3 is 18.9 Å². The van der Waals surface area contributed by atoms with E-state index in [1.54, 1.807) is 0 Å². The summed E-state index contributed by atoms with van der Waals surface area (Å²) in [6.45, 7) is 9.23. The molecule has 5 heteroatoms. The van der Waals surface area contributed by atoms with Gasteiger partial charge >= 0.3 is 5.97 Å². The highest BCUT2D eigenvalue weighted by atomic mass is 16.7. The summed E-state index contributed by atoms with van der Waals surface area (Å²) in [5.74, 6) is -0.774. The van der Waals surface area contributed by atoms with Crippen molar-refractivity contribution in [1.82, 2.24) is 0 Å². The first-order chi connectivity index (χ1) is 9.65. The van der Waals surface area contributed by atoms with E-state index in [0.29, 0.717) is 18.8 Å². The molecule has 0 aromatic rings. The molecule has 0 atom stereocenters. The number of esters is 1. The minimum absolute atomic E-state index is 0.143. The molecule has 0 aromatic carbocycles. The first kappa shape index (κ1) is 17.1. The van der Waals surface area contributed by atoms with Gasteiger partial charge in [0, 0.05) is 12.8 Å². The van der Waals surface area contributed by atoms with Crippen LogP contribution >= 0.6 is 0 Å². The Morgan fingerprint density at radius 3 is 2.30 bits per heavy atom. The maximum absolute atomic E-state index is 11.1. The predicted octanol–water partition coefficient (Wildman–Crippen LogP) is 2.44. The molecule has 1 aliphatic carbocycles. The minimum Gasteiger partial charge on any atom is -0.466 e. The molecule has 2 fully saturated rings. The van der Waals surface area contributed by atoms with Crippen LogP contribution in [0, 0.1) is 0 Å². The topological polar surface area (TPSA) is 54.0 Å². The summed E-state index contributed by atoms with van der Waals surface area (Å²) in [5.41, 5.74) is 0.353. The van der Waals surface area contributed by atoms with E-state index in [-0.39, 0.29) is 18.5 Å². The zero-order valence-corrected chi connectivity index (χ0v) is 12.8. The van der Waals surface area contributed by atoms with E-state index < -0.39 is 5.97 Å². The van der Waals surface area contributed by atoms with E-state index in [9.17, 15) is 4.79 Å². The van der Waals surface area contributed by atoms with Crippen molar-refractivity contribution in [2.45, 2.75) is 51.4 Å². The van der Waals surface area contributed by atoms with Crippen LogP contribution in [0.25, 0.3) is 0 Å². The van der Waals surface area contributed by atoms with Crippen LogP contribution in [0.3, 0.4) is 0 Å². The number of hydrogen-bond donors (Lipinski definition) is 0. The van der Waals surface area contributed by atoms with Crippen LogP contribution in [0.5, 0.6) is 0 Å². The molecule has 20 heavy (non-hydrogen) atoms. The Bertz CT molecular complexity index is 310. The first-order valence-electron chi connectivity index (χ1n) is 7.31. The lowest BCUT2D eigenvalue weighted by molar-refractivity contribution is -0.191. The van der Waals surface area contributed by atoms with Gasteiger partial charge in [0.1, 0.15) is 0 Å². The highest BCUT2D eigenvalue weighted by molar-refractivity contribution is 5.87. The van der Waals surface area contributed by atoms with Gasteiger partial charge in [-0.15, -0.1) is 0 Å². The number of carbonyl (C=O) groups is 1. The minimum atomic E-state index is -0.412. The molecular formula is C15H26O5. The van der Waals surface area contributed by atoms with Crippen molar-refractivity contribution >= 4 is 5.97 Å². The van der Waals surface area contributed by atoms with Crippen molar-refractivity contribution in [3.05, 3.63) is 12.2 Å². The molecule has 0 radical (unpaired) electrons. The molecule has 116 valence electrons. The van der Waals surface area contributed by atoms with E-state index in [2.05, 4.69) is 11.3 Å². The Balaban J connectivity index is 0.000000956. The van der Waals surface area contributed by atoms with E-state index in [4.69, 9.17) is 14.2 Å². The predicted molar refractivity (Wildman–Crippen MR) is 75.3 cm³/mol. The van der Waals surface area contributed by atoms with Crippen molar-refractivity contribution in [1.29, 1.82) is 0 Å². The largest absolute Gasteiger partial charge is 0.466 e. The second-order valence-corrected chi connectivity index (χ2v) is 4.71. The smallest absolute Gasteiger partial charge is 0.335 e. The van der Waals surface area contributed by atoms with E-state index in [1.165, 1.54) is 7.11 Å². The Morgan fingerprint density at radius 2 is 1.80 bits per heavy atom. The Morgan fingerprint density at radius 1 is 1.25 bits per heavy atom. The average Bonchev–Trinajstić information content (AvgIpc) is 2.96. The lowest BCUT2D eigenvalue weighted by atomic mass is 9.92. The number of ether oxygens (including phenoxy) is 4. The van der Waals surface area contributed by atoms with Crippen LogP contribution in [0.4, 0.5) is 0 Å². The number of carbonyl (C=O) groups excluding carboxylic acids is 1. The maximum atomic E-state index is 11.1. The molecule has 0 amide bonds. The Labute approximate surface area is 121 Å². The molecule has 1 saturated carbocycles. The van der Waals surface area contributed by atoms with Crippen molar-refractivity contribution in [2.75, 3.05) is 26.9 Å². The molecule has 0 N–H and O–H groups in total. The molecule has 1 saturated heterocycles. The monoisotopic (exact) mass is 286 g/mol. The van der Waals surface area contributed by atoms with Gasteiger partial charge in [-0.1, -0.05) is 20.4 Å². The third-order valence-corrected chi connectivity index (χ3v) is 3.48. The number of hydrogen-bond acceptors (Lipinski definition) is 5. The number of methoxy groups -OCH3 is 1. The van der Waals surface area contributed by atoms with E-state index in [1.807, 2.05) is 13.8 Å². The van der Waals surface area contributed by atoms with Gasteiger partial charge in [0.2, 0.25) is 0 Å². The van der Waals surface area contributed by atoms with E-state index >= 15 is 0 Å². The molecule has 0 bridgehead atoms. The fourth-order valence-corrected chi connectivity index (χ4v) is 2.41. The van der Waals surface area contributed by atoms with Gasteiger partial charge in [0.15, 0.2) is 5.79 Å². The molecule has 0 aromatic heterocycles. The molecule has 1 spiro atoms. The van der Waals surface area contributed by atoms with Crippen molar-refractivity contribution in [3.8, 4) is 0 Å². The molecule has 5 nitrogen and oxygen atoms in total. The lowest BCUT2D eigenvalue weighted by Gasteiger charge is -2.35. The zero-order valence-electron chi connectivity index (χ0n) is 12.8. The molecule has 2 rings (SSSR count). The normalized spacial score (nSPS) is 21.1. The summed E-state index contributed by atoms with van der Waals surface area (Å²) in [6.07, 6.45) is 3.61. The number of rotatable bonds is 4. The van der Waals surface area contributed by atoms with Gasteiger partial charge in [-0.05, 0) is 12.8 Å². The van der Waals surface area contributed by atoms with Crippen molar-refractivity contribution in [2.24, 2.45) is 0 Å². The van der Waals surface area contributed by atoms with Gasteiger partial charge in [-0.3, -0.25) is 0 Å². The van der Waals surface area contributed by atoms with Crippen LogP contribution in [0.1, 0.15) is 39.5 Å². The summed E-state index contributed by atoms with van der Waals surface area (Å²) in [4.78, 5) is 11.1. The first-order valence-corrected chi connectivity index (χ1v) is 7.31. The van der Waals surface area contributed by atoms with Crippen LogP contribution < -0.4 is 0 Å². The third kappa shape index (κ3) is 4.58. The quantitative estimate of drug-likeness (QED) is 0.587. The highest BCUT2D eigenvalue weighted by Gasteiger charge is 2.40. The Hall–Kier alpha value is -0.910. The fourth-order valence-electron chi connectivity index (χ4n) is 2.41. The van der Waals surface area contributed by atoms with Crippen LogP contribution in [-0.2, 0) is 23.7 Å². The van der Waals surface area contributed by atoms with Gasteiger partial charge in [0.25, 0.3) is 0 Å². The van der Waals surface area contributed by atoms with Crippen molar-refractivity contribution in [3.63, 3.8) is 0 Å². The Kier molecular flexibility index (Phi) is 7.19. The SMILES string of the molecule is C=C(COC1CCC2(CC1)OCCO2)C(=O)OC.CC. The van der Waals surface area contributed by atoms with Gasteiger partial charge in [0.05, 0.1) is 38.6 Å². The van der Waals surface area contributed by atoms with Crippen LogP contribution in [-0.4, -0.2) is 44.8 Å². The summed E-state index contributed by atoms with van der Waals surface area (Å²) < 4.78 is 21.5. The van der Waals surface area contributed by atoms with Crippen molar-refractivity contribution < 1.29 is 23.7 Å². The second-order valence-electron chi connectivity index (χ2n) is 4.71. The summed E-state index contributed by atoms with van der Waals surface area (Å²) in [5, 5.41) is 0. The average molecular weight is 286 g/mol. The zero-order chi connectivity index (χ0) is 15.0. The summed E-state index contributed by atoms with van der Waals surface area (Å²) in [7, 11) is 1.34. The van der Waals surface area contributed by atoms with E-state index in [0.717, 1.165) is 25.7 Å². The highest BCUT2D eigenvalue weighted by Crippen LogP contribution is 2.36. The van der Waals surface area contributed by atoms with Crippen LogP contribution in [0.15, 0.2) is 12.2 Å². The van der Waals surface area contributed by atoms with Crippen LogP contribution in [0.2, 0.25) is 0 Å². The molecule has 1 heterocycles. The molecule has 1 aliphatic heterocycles. The summed E-state index contributed by atoms with van der Waals surface area (Å²) in [6, 6.07) is 0. The fraction of sp³-hybridized carbons (Fsp3) is 0.800.